The highest BCUT2D eigenvalue weighted by molar-refractivity contribution is 7.84. The second-order valence-electron chi connectivity index (χ2n) is 3.15. The van der Waals surface area contributed by atoms with Crippen LogP contribution in [0.3, 0.4) is 0 Å². The molecule has 2 aromatic rings. The molecule has 0 aliphatic heterocycles. The topological polar surface area (TPSA) is 118 Å². The molecule has 0 spiro atoms. The summed E-state index contributed by atoms with van der Waals surface area (Å²) in [4.78, 5) is 0. The summed E-state index contributed by atoms with van der Waals surface area (Å²) in [6, 6.07) is 5.48. The van der Waals surface area contributed by atoms with Crippen LogP contribution in [0.1, 0.15) is 0 Å². The van der Waals surface area contributed by atoms with E-state index in [1.54, 1.807) is 0 Å². The van der Waals surface area contributed by atoms with Crippen molar-refractivity contribution in [1.82, 2.24) is 3.97 Å². The summed E-state index contributed by atoms with van der Waals surface area (Å²) in [5, 5.41) is 0. The van der Waals surface area contributed by atoms with Crippen LogP contribution in [0, 0.1) is 0 Å². The summed E-state index contributed by atoms with van der Waals surface area (Å²) < 4.78 is 62.6. The molecule has 0 aliphatic carbocycles. The maximum Gasteiger partial charge on any atom is 0.439 e. The van der Waals surface area contributed by atoms with Crippen LogP contribution >= 0.6 is 0 Å². The lowest BCUT2D eigenvalue weighted by atomic mass is 10.3. The molecule has 0 atom stereocenters. The van der Waals surface area contributed by atoms with Gasteiger partial charge in [-0.3, -0.25) is 9.11 Å². The van der Waals surface area contributed by atoms with Crippen molar-refractivity contribution in [3.05, 3.63) is 30.6 Å². The zero-order chi connectivity index (χ0) is 12.8. The van der Waals surface area contributed by atoms with Gasteiger partial charge in [-0.15, -0.1) is 0 Å². The molecule has 10 heteroatoms. The molecule has 8 nitrogen and oxygen atoms in total. The molecular formula is C7H7N2O6S2+. The number of aromatic nitrogens is 2. The Balaban J connectivity index is 3.01. The fourth-order valence-electron chi connectivity index (χ4n) is 1.42. The second kappa shape index (κ2) is 3.50. The van der Waals surface area contributed by atoms with E-state index in [9.17, 15) is 16.8 Å². The molecule has 92 valence electrons. The normalized spacial score (nSPS) is 13.1. The summed E-state index contributed by atoms with van der Waals surface area (Å²) in [6.45, 7) is 0. The Kier molecular flexibility index (Phi) is 2.47. The van der Waals surface area contributed by atoms with Gasteiger partial charge < -0.3 is 0 Å². The first kappa shape index (κ1) is 12.0. The molecule has 0 unspecified atom stereocenters. The molecule has 1 aromatic heterocycles. The van der Waals surface area contributed by atoms with Gasteiger partial charge in [-0.2, -0.15) is 16.8 Å². The van der Waals surface area contributed by atoms with Gasteiger partial charge in [0.05, 0.1) is 0 Å². The minimum atomic E-state index is -4.65. The maximum atomic E-state index is 11.0. The van der Waals surface area contributed by atoms with E-state index in [-0.39, 0.29) is 11.0 Å². The fourth-order valence-corrected chi connectivity index (χ4v) is 2.72. The first-order valence-electron chi connectivity index (χ1n) is 4.19. The van der Waals surface area contributed by atoms with Crippen molar-refractivity contribution < 1.29 is 29.9 Å². The number of fused-ring (bicyclic) bond motifs is 1. The van der Waals surface area contributed by atoms with Gasteiger partial charge in [-0.05, 0) is 12.1 Å². The zero-order valence-corrected chi connectivity index (χ0v) is 9.76. The van der Waals surface area contributed by atoms with Crippen LogP contribution in [-0.4, -0.2) is 29.9 Å². The minimum absolute atomic E-state index is 0.0763. The van der Waals surface area contributed by atoms with Gasteiger partial charge in [0.25, 0.3) is 6.33 Å². The van der Waals surface area contributed by atoms with E-state index < -0.39 is 20.6 Å². The number of benzene rings is 1. The van der Waals surface area contributed by atoms with Crippen LogP contribution in [0.2, 0.25) is 0 Å². The SMILES string of the molecule is O=S(=O)(O)n1c[n+](S(=O)(=O)O)c2ccccc21. The lowest BCUT2D eigenvalue weighted by Gasteiger charge is -1.89. The van der Waals surface area contributed by atoms with E-state index in [1.807, 2.05) is 0 Å². The van der Waals surface area contributed by atoms with Crippen molar-refractivity contribution in [3.63, 3.8) is 0 Å². The van der Waals surface area contributed by atoms with Crippen molar-refractivity contribution in [3.8, 4) is 0 Å². The highest BCUT2D eigenvalue weighted by Gasteiger charge is 2.29. The molecule has 1 heterocycles. The molecule has 2 rings (SSSR count). The summed E-state index contributed by atoms with van der Waals surface area (Å²) in [6.07, 6.45) is 0.565. The Morgan fingerprint density at radius 1 is 1.06 bits per heavy atom. The van der Waals surface area contributed by atoms with E-state index in [2.05, 4.69) is 0 Å². The first-order valence-corrected chi connectivity index (χ1v) is 6.98. The summed E-state index contributed by atoms with van der Waals surface area (Å²) >= 11 is 0. The van der Waals surface area contributed by atoms with E-state index in [1.165, 1.54) is 24.3 Å². The molecule has 1 aromatic carbocycles. The molecule has 0 fully saturated rings. The van der Waals surface area contributed by atoms with Crippen LogP contribution in [0.25, 0.3) is 11.0 Å². The molecular weight excluding hydrogens is 272 g/mol. The van der Waals surface area contributed by atoms with Crippen LogP contribution in [0.5, 0.6) is 0 Å². The predicted octanol–water partition coefficient (Wildman–Crippen LogP) is -0.769. The average molecular weight is 279 g/mol. The summed E-state index contributed by atoms with van der Waals surface area (Å²) in [5.74, 6) is 0. The number of hydrogen-bond acceptors (Lipinski definition) is 4. The average Bonchev–Trinajstić information content (AvgIpc) is 2.55. The van der Waals surface area contributed by atoms with Crippen LogP contribution in [0.4, 0.5) is 0 Å². The minimum Gasteiger partial charge on any atom is -0.251 e. The third-order valence-corrected chi connectivity index (χ3v) is 3.64. The van der Waals surface area contributed by atoms with Crippen molar-refractivity contribution >= 4 is 31.6 Å². The van der Waals surface area contributed by atoms with Crippen molar-refractivity contribution in [2.45, 2.75) is 0 Å². The summed E-state index contributed by atoms with van der Waals surface area (Å²) in [7, 11) is -9.30. The predicted molar refractivity (Wildman–Crippen MR) is 56.0 cm³/mol. The molecule has 0 bridgehead atoms. The maximum absolute atomic E-state index is 11.0. The molecule has 0 saturated heterocycles. The summed E-state index contributed by atoms with van der Waals surface area (Å²) in [5.41, 5.74) is -0.153. The molecule has 0 radical (unpaired) electrons. The Hall–Kier alpha value is -1.49. The van der Waals surface area contributed by atoms with Gasteiger partial charge in [-0.1, -0.05) is 20.1 Å². The number of nitrogens with zero attached hydrogens (tertiary/aromatic N) is 2. The van der Waals surface area contributed by atoms with Crippen LogP contribution in [0.15, 0.2) is 30.6 Å². The van der Waals surface area contributed by atoms with Gasteiger partial charge in [0, 0.05) is 0 Å². The van der Waals surface area contributed by atoms with E-state index in [0.29, 0.717) is 14.3 Å². The first-order chi connectivity index (χ1) is 7.71. The molecule has 0 aliphatic rings. The van der Waals surface area contributed by atoms with Crippen molar-refractivity contribution in [1.29, 1.82) is 0 Å². The number of imidazole rings is 1. The fraction of sp³-hybridized carbons (Fsp3) is 0. The third-order valence-electron chi connectivity index (χ3n) is 2.06. The highest BCUT2D eigenvalue weighted by atomic mass is 32.2. The van der Waals surface area contributed by atoms with Crippen LogP contribution in [-0.2, 0) is 20.6 Å². The molecule has 17 heavy (non-hydrogen) atoms. The van der Waals surface area contributed by atoms with Gasteiger partial charge in [0.2, 0.25) is 0 Å². The number of para-hydroxylation sites is 2. The Bertz CT molecular complexity index is 723. The lowest BCUT2D eigenvalue weighted by molar-refractivity contribution is -0.489. The smallest absolute Gasteiger partial charge is 0.251 e. The highest BCUT2D eigenvalue weighted by Crippen LogP contribution is 2.12. The molecule has 0 saturated carbocycles. The van der Waals surface area contributed by atoms with Gasteiger partial charge in [-0.25, -0.2) is 0 Å². The third kappa shape index (κ3) is 2.02. The Morgan fingerprint density at radius 3 is 2.18 bits per heavy atom. The lowest BCUT2D eigenvalue weighted by Crippen LogP contribution is -2.41. The quantitative estimate of drug-likeness (QED) is 0.550. The molecule has 2 N–H and O–H groups in total. The van der Waals surface area contributed by atoms with Crippen molar-refractivity contribution in [2.75, 3.05) is 0 Å². The zero-order valence-electron chi connectivity index (χ0n) is 8.13. The van der Waals surface area contributed by atoms with Crippen LogP contribution < -0.4 is 3.97 Å². The van der Waals surface area contributed by atoms with Crippen molar-refractivity contribution in [2.24, 2.45) is 0 Å². The van der Waals surface area contributed by atoms with E-state index in [4.69, 9.17) is 9.11 Å². The van der Waals surface area contributed by atoms with E-state index >= 15 is 0 Å². The monoisotopic (exact) mass is 279 g/mol. The standard InChI is InChI=1S/C7H6N2O6S2/c10-16(11,12)8-5-9(17(13,14)15)7-4-2-1-3-6(7)8/h1-5H,(H-,10,11,12,13,14,15)/p+1. The number of rotatable bonds is 2. The van der Waals surface area contributed by atoms with E-state index in [0.717, 1.165) is 0 Å². The Labute approximate surface area is 96.5 Å². The Morgan fingerprint density at radius 2 is 1.65 bits per heavy atom. The van der Waals surface area contributed by atoms with Gasteiger partial charge >= 0.3 is 20.6 Å². The number of hydrogen-bond donors (Lipinski definition) is 2. The van der Waals surface area contributed by atoms with Gasteiger partial charge in [0.1, 0.15) is 0 Å². The van der Waals surface area contributed by atoms with Gasteiger partial charge in [0.15, 0.2) is 11.0 Å². The molecule has 0 amide bonds. The second-order valence-corrected chi connectivity index (χ2v) is 5.73. The largest absolute Gasteiger partial charge is 0.439 e.